The molecule has 1 aliphatic heterocycles. The SMILES string of the molecule is CC(=O)N[C@H]1C(O)O[C@H](COC(C)=O)[C@@H](OC(C)=O)[C@H]1OC(C)=O. The van der Waals surface area contributed by atoms with Crippen molar-refractivity contribution in [1.29, 1.82) is 0 Å². The Morgan fingerprint density at radius 3 is 1.96 bits per heavy atom. The molecule has 10 nitrogen and oxygen atoms in total. The average molecular weight is 347 g/mol. The van der Waals surface area contributed by atoms with E-state index in [0.29, 0.717) is 0 Å². The van der Waals surface area contributed by atoms with Gasteiger partial charge in [-0.15, -0.1) is 0 Å². The van der Waals surface area contributed by atoms with Crippen LogP contribution in [-0.2, 0) is 38.1 Å². The van der Waals surface area contributed by atoms with E-state index < -0.39 is 54.5 Å². The lowest BCUT2D eigenvalue weighted by Gasteiger charge is -2.43. The van der Waals surface area contributed by atoms with E-state index in [1.165, 1.54) is 13.8 Å². The number of aliphatic hydroxyl groups excluding tert-OH is 1. The number of hydrogen-bond acceptors (Lipinski definition) is 9. The van der Waals surface area contributed by atoms with Crippen molar-refractivity contribution in [3.63, 3.8) is 0 Å². The lowest BCUT2D eigenvalue weighted by atomic mass is 9.96. The smallest absolute Gasteiger partial charge is 0.303 e. The van der Waals surface area contributed by atoms with Crippen molar-refractivity contribution in [2.45, 2.75) is 58.3 Å². The highest BCUT2D eigenvalue weighted by Gasteiger charge is 2.50. The number of carbonyl (C=O) groups excluding carboxylic acids is 4. The average Bonchev–Trinajstić information content (AvgIpc) is 2.42. The maximum Gasteiger partial charge on any atom is 0.303 e. The largest absolute Gasteiger partial charge is 0.463 e. The number of esters is 3. The van der Waals surface area contributed by atoms with Gasteiger partial charge in [0.25, 0.3) is 0 Å². The molecule has 1 amide bonds. The van der Waals surface area contributed by atoms with Crippen molar-refractivity contribution < 1.29 is 43.2 Å². The molecule has 24 heavy (non-hydrogen) atoms. The fourth-order valence-electron chi connectivity index (χ4n) is 2.31. The van der Waals surface area contributed by atoms with Crippen molar-refractivity contribution in [3.8, 4) is 0 Å². The van der Waals surface area contributed by atoms with Crippen LogP contribution < -0.4 is 5.32 Å². The van der Waals surface area contributed by atoms with Gasteiger partial charge >= 0.3 is 17.9 Å². The monoisotopic (exact) mass is 347 g/mol. The molecule has 1 aliphatic rings. The van der Waals surface area contributed by atoms with Crippen LogP contribution in [0.1, 0.15) is 27.7 Å². The van der Waals surface area contributed by atoms with E-state index in [1.807, 2.05) is 0 Å². The van der Waals surface area contributed by atoms with Crippen LogP contribution >= 0.6 is 0 Å². The molecule has 10 heteroatoms. The lowest BCUT2D eigenvalue weighted by Crippen LogP contribution is -2.66. The minimum absolute atomic E-state index is 0.338. The zero-order chi connectivity index (χ0) is 18.4. The first-order valence-electron chi connectivity index (χ1n) is 7.20. The molecule has 0 aromatic carbocycles. The normalized spacial score (nSPS) is 29.3. The van der Waals surface area contributed by atoms with Crippen molar-refractivity contribution in [3.05, 3.63) is 0 Å². The highest BCUT2D eigenvalue weighted by molar-refractivity contribution is 5.73. The maximum atomic E-state index is 11.4. The van der Waals surface area contributed by atoms with E-state index in [1.54, 1.807) is 0 Å². The first-order chi connectivity index (χ1) is 11.1. The molecule has 1 unspecified atom stereocenters. The molecular formula is C14H21NO9. The Morgan fingerprint density at radius 1 is 0.958 bits per heavy atom. The number of amides is 1. The topological polar surface area (TPSA) is 137 Å². The molecule has 0 aromatic heterocycles. The van der Waals surface area contributed by atoms with Crippen LogP contribution in [0, 0.1) is 0 Å². The lowest BCUT2D eigenvalue weighted by molar-refractivity contribution is -0.264. The highest BCUT2D eigenvalue weighted by Crippen LogP contribution is 2.26. The van der Waals surface area contributed by atoms with Crippen molar-refractivity contribution in [1.82, 2.24) is 5.32 Å². The summed E-state index contributed by atoms with van der Waals surface area (Å²) >= 11 is 0. The van der Waals surface area contributed by atoms with Crippen LogP contribution in [0.2, 0.25) is 0 Å². The van der Waals surface area contributed by atoms with Gasteiger partial charge in [0.15, 0.2) is 18.5 Å². The Labute approximate surface area is 138 Å². The molecule has 0 bridgehead atoms. The van der Waals surface area contributed by atoms with E-state index in [4.69, 9.17) is 18.9 Å². The summed E-state index contributed by atoms with van der Waals surface area (Å²) < 4.78 is 20.3. The molecule has 136 valence electrons. The Kier molecular flexibility index (Phi) is 7.11. The summed E-state index contributed by atoms with van der Waals surface area (Å²) in [6, 6.07) is -1.16. The molecule has 0 spiro atoms. The summed E-state index contributed by atoms with van der Waals surface area (Å²) in [5.41, 5.74) is 0. The molecule has 1 fully saturated rings. The van der Waals surface area contributed by atoms with Crippen LogP contribution in [-0.4, -0.2) is 66.2 Å². The molecule has 2 N–H and O–H groups in total. The van der Waals surface area contributed by atoms with Gasteiger partial charge in [-0.25, -0.2) is 0 Å². The summed E-state index contributed by atoms with van der Waals surface area (Å²) in [4.78, 5) is 45.0. The Hall–Kier alpha value is -2.20. The number of carbonyl (C=O) groups is 4. The predicted octanol–water partition coefficient (Wildman–Crippen LogP) is -1.37. The van der Waals surface area contributed by atoms with Gasteiger partial charge in [0.2, 0.25) is 5.91 Å². The molecule has 1 saturated heterocycles. The Balaban J connectivity index is 3.11. The van der Waals surface area contributed by atoms with Crippen molar-refractivity contribution in [2.75, 3.05) is 6.61 Å². The Morgan fingerprint density at radius 2 is 1.50 bits per heavy atom. The molecule has 1 heterocycles. The summed E-state index contributed by atoms with van der Waals surface area (Å²) in [7, 11) is 0. The van der Waals surface area contributed by atoms with Gasteiger partial charge in [0.1, 0.15) is 18.8 Å². The van der Waals surface area contributed by atoms with Crippen LogP contribution in [0.4, 0.5) is 0 Å². The third-order valence-corrected chi connectivity index (χ3v) is 3.09. The number of aliphatic hydroxyl groups is 1. The second-order valence-corrected chi connectivity index (χ2v) is 5.24. The zero-order valence-electron chi connectivity index (χ0n) is 13.8. The minimum Gasteiger partial charge on any atom is -0.463 e. The first kappa shape index (κ1) is 19.8. The van der Waals surface area contributed by atoms with Crippen molar-refractivity contribution >= 4 is 23.8 Å². The first-order valence-corrected chi connectivity index (χ1v) is 7.20. The van der Waals surface area contributed by atoms with Gasteiger partial charge in [-0.3, -0.25) is 19.2 Å². The predicted molar refractivity (Wildman–Crippen MR) is 76.2 cm³/mol. The van der Waals surface area contributed by atoms with Crippen LogP contribution in [0.5, 0.6) is 0 Å². The zero-order valence-corrected chi connectivity index (χ0v) is 13.8. The molecule has 0 saturated carbocycles. The van der Waals surface area contributed by atoms with Crippen LogP contribution in [0.15, 0.2) is 0 Å². The summed E-state index contributed by atoms with van der Waals surface area (Å²) in [6.07, 6.45) is -5.06. The third kappa shape index (κ3) is 5.78. The van der Waals surface area contributed by atoms with E-state index in [9.17, 15) is 24.3 Å². The quantitative estimate of drug-likeness (QED) is 0.456. The molecule has 0 radical (unpaired) electrons. The highest BCUT2D eigenvalue weighted by atomic mass is 16.7. The number of nitrogens with one attached hydrogen (secondary N) is 1. The molecule has 0 aromatic rings. The summed E-state index contributed by atoms with van der Waals surface area (Å²) in [5.74, 6) is -2.54. The standard InChI is InChI=1S/C14H21NO9/c1-6(16)15-11-13(23-9(4)19)12(22-8(3)18)10(24-14(11)20)5-21-7(2)17/h10-14,20H,5H2,1-4H3,(H,15,16)/t10-,11-,12-,13+,14?/m1/s1. The van der Waals surface area contributed by atoms with Crippen LogP contribution in [0.25, 0.3) is 0 Å². The summed E-state index contributed by atoms with van der Waals surface area (Å²) in [5, 5.41) is 12.5. The minimum atomic E-state index is -1.56. The van der Waals surface area contributed by atoms with Gasteiger partial charge in [-0.05, 0) is 0 Å². The second-order valence-electron chi connectivity index (χ2n) is 5.24. The Bertz CT molecular complexity index is 506. The number of ether oxygens (including phenoxy) is 4. The van der Waals surface area contributed by atoms with Crippen LogP contribution in [0.3, 0.4) is 0 Å². The van der Waals surface area contributed by atoms with E-state index in [-0.39, 0.29) is 6.61 Å². The molecule has 5 atom stereocenters. The molecule has 1 rings (SSSR count). The second kappa shape index (κ2) is 8.60. The fourth-order valence-corrected chi connectivity index (χ4v) is 2.31. The van der Waals surface area contributed by atoms with E-state index in [2.05, 4.69) is 5.32 Å². The number of rotatable bonds is 5. The van der Waals surface area contributed by atoms with Gasteiger partial charge in [0.05, 0.1) is 0 Å². The fraction of sp³-hybridized carbons (Fsp3) is 0.714. The van der Waals surface area contributed by atoms with E-state index >= 15 is 0 Å². The van der Waals surface area contributed by atoms with Gasteiger partial charge in [0, 0.05) is 27.7 Å². The van der Waals surface area contributed by atoms with E-state index in [0.717, 1.165) is 13.8 Å². The van der Waals surface area contributed by atoms with Crippen molar-refractivity contribution in [2.24, 2.45) is 0 Å². The van der Waals surface area contributed by atoms with Gasteiger partial charge < -0.3 is 29.4 Å². The molecule has 0 aliphatic carbocycles. The molecular weight excluding hydrogens is 326 g/mol. The number of hydrogen-bond donors (Lipinski definition) is 2. The van der Waals surface area contributed by atoms with Gasteiger partial charge in [-0.2, -0.15) is 0 Å². The summed E-state index contributed by atoms with van der Waals surface area (Å²) in [6.45, 7) is 4.28. The maximum absolute atomic E-state index is 11.4. The van der Waals surface area contributed by atoms with Gasteiger partial charge in [-0.1, -0.05) is 0 Å². The third-order valence-electron chi connectivity index (χ3n) is 3.09.